The van der Waals surface area contributed by atoms with Crippen molar-refractivity contribution in [3.8, 4) is 11.5 Å². The van der Waals surface area contributed by atoms with Gasteiger partial charge in [0.2, 0.25) is 5.91 Å². The van der Waals surface area contributed by atoms with Gasteiger partial charge in [0.05, 0.1) is 12.0 Å². The molecule has 1 atom stereocenters. The largest absolute Gasteiger partial charge is 0.507 e. The predicted octanol–water partition coefficient (Wildman–Crippen LogP) is 7.24. The van der Waals surface area contributed by atoms with Crippen LogP contribution in [0.3, 0.4) is 0 Å². The summed E-state index contributed by atoms with van der Waals surface area (Å²) in [7, 11) is 0. The lowest BCUT2D eigenvalue weighted by molar-refractivity contribution is -0.118. The van der Waals surface area contributed by atoms with Crippen molar-refractivity contribution in [2.24, 2.45) is 0 Å². The smallest absolute Gasteiger partial charge is 0.240 e. The van der Waals surface area contributed by atoms with E-state index >= 15 is 0 Å². The summed E-state index contributed by atoms with van der Waals surface area (Å²) in [6.45, 7) is 0.397. The van der Waals surface area contributed by atoms with Gasteiger partial charge < -0.3 is 9.84 Å². The third-order valence-electron chi connectivity index (χ3n) is 7.04. The van der Waals surface area contributed by atoms with E-state index in [0.717, 1.165) is 27.9 Å². The number of para-hydroxylation sites is 1. The van der Waals surface area contributed by atoms with E-state index in [2.05, 4.69) is 24.3 Å². The van der Waals surface area contributed by atoms with E-state index in [-0.39, 0.29) is 17.7 Å². The summed E-state index contributed by atoms with van der Waals surface area (Å²) in [5.41, 5.74) is 5.38. The van der Waals surface area contributed by atoms with Crippen molar-refractivity contribution in [2.75, 3.05) is 4.90 Å². The van der Waals surface area contributed by atoms with Crippen LogP contribution in [0.2, 0.25) is 0 Å². The van der Waals surface area contributed by atoms with Crippen molar-refractivity contribution in [1.82, 2.24) is 0 Å². The Balaban J connectivity index is 1.37. The van der Waals surface area contributed by atoms with Gasteiger partial charge in [-0.05, 0) is 34.4 Å². The second-order valence-electron chi connectivity index (χ2n) is 9.42. The molecule has 1 N–H and O–H groups in total. The third-order valence-corrected chi connectivity index (χ3v) is 7.04. The number of carbonyl (C=O) groups excluding carboxylic acids is 1. The minimum Gasteiger partial charge on any atom is -0.507 e. The van der Waals surface area contributed by atoms with Crippen LogP contribution < -0.4 is 9.64 Å². The van der Waals surface area contributed by atoms with E-state index in [4.69, 9.17) is 4.74 Å². The van der Waals surface area contributed by atoms with Crippen LogP contribution in [0.25, 0.3) is 0 Å². The van der Waals surface area contributed by atoms with Crippen LogP contribution in [0, 0.1) is 0 Å². The fraction of sp³-hybridized carbons (Fsp3) is 0.0882. The highest BCUT2D eigenvalue weighted by Crippen LogP contribution is 2.48. The summed E-state index contributed by atoms with van der Waals surface area (Å²) in [5.74, 6) is -0.0971. The molecule has 6 rings (SSSR count). The average molecular weight is 498 g/mol. The number of amides is 1. The van der Waals surface area contributed by atoms with Gasteiger partial charge in [-0.2, -0.15) is 0 Å². The van der Waals surface area contributed by atoms with Crippen molar-refractivity contribution >= 4 is 11.6 Å². The van der Waals surface area contributed by atoms with Gasteiger partial charge in [0.1, 0.15) is 18.1 Å². The molecule has 0 fully saturated rings. The first-order chi connectivity index (χ1) is 18.7. The maximum atomic E-state index is 14.3. The first-order valence-electron chi connectivity index (χ1n) is 12.7. The summed E-state index contributed by atoms with van der Waals surface area (Å²) < 4.78 is 5.91. The SMILES string of the molecule is O=C1C(c2ccc(OCc3ccccc3)cc2O)c2ccccc2N1C(c1ccccc1)c1ccccc1. The van der Waals surface area contributed by atoms with E-state index in [1.165, 1.54) is 0 Å². The lowest BCUT2D eigenvalue weighted by Crippen LogP contribution is -2.34. The Morgan fingerprint density at radius 2 is 1.26 bits per heavy atom. The van der Waals surface area contributed by atoms with Crippen LogP contribution in [0.1, 0.15) is 39.8 Å². The van der Waals surface area contributed by atoms with Crippen molar-refractivity contribution in [3.05, 3.63) is 161 Å². The number of rotatable bonds is 7. The van der Waals surface area contributed by atoms with Gasteiger partial charge in [-0.15, -0.1) is 0 Å². The second kappa shape index (κ2) is 10.3. The summed E-state index contributed by atoms with van der Waals surface area (Å²) in [6, 6.07) is 42.8. The van der Waals surface area contributed by atoms with Crippen molar-refractivity contribution in [2.45, 2.75) is 18.6 Å². The van der Waals surface area contributed by atoms with E-state index < -0.39 is 5.92 Å². The molecule has 186 valence electrons. The van der Waals surface area contributed by atoms with Gasteiger partial charge in [-0.1, -0.05) is 115 Å². The van der Waals surface area contributed by atoms with Crippen LogP contribution in [0.5, 0.6) is 11.5 Å². The number of ether oxygens (including phenoxy) is 1. The molecule has 1 amide bonds. The lowest BCUT2D eigenvalue weighted by atomic mass is 9.91. The number of hydrogen-bond acceptors (Lipinski definition) is 3. The molecule has 0 aromatic heterocycles. The number of aromatic hydroxyl groups is 1. The van der Waals surface area contributed by atoms with Crippen molar-refractivity contribution < 1.29 is 14.6 Å². The Bertz CT molecular complexity index is 1510. The summed E-state index contributed by atoms with van der Waals surface area (Å²) in [6.07, 6.45) is 0. The quantitative estimate of drug-likeness (QED) is 0.258. The Morgan fingerprint density at radius 3 is 1.89 bits per heavy atom. The highest BCUT2D eigenvalue weighted by atomic mass is 16.5. The maximum Gasteiger partial charge on any atom is 0.240 e. The van der Waals surface area contributed by atoms with Gasteiger partial charge in [-0.3, -0.25) is 9.69 Å². The molecule has 1 unspecified atom stereocenters. The minimum absolute atomic E-state index is 0.0431. The normalized spacial score (nSPS) is 14.5. The zero-order chi connectivity index (χ0) is 25.9. The van der Waals surface area contributed by atoms with Crippen LogP contribution >= 0.6 is 0 Å². The van der Waals surface area contributed by atoms with E-state index in [1.807, 2.05) is 102 Å². The summed E-state index contributed by atoms with van der Waals surface area (Å²) >= 11 is 0. The molecule has 0 saturated carbocycles. The number of benzene rings is 5. The van der Waals surface area contributed by atoms with Crippen molar-refractivity contribution in [3.63, 3.8) is 0 Å². The summed E-state index contributed by atoms with van der Waals surface area (Å²) in [4.78, 5) is 16.2. The molecule has 4 nitrogen and oxygen atoms in total. The second-order valence-corrected chi connectivity index (χ2v) is 9.42. The van der Waals surface area contributed by atoms with Crippen LogP contribution in [0.4, 0.5) is 5.69 Å². The molecule has 0 saturated heterocycles. The van der Waals surface area contributed by atoms with Gasteiger partial charge in [-0.25, -0.2) is 0 Å². The zero-order valence-corrected chi connectivity index (χ0v) is 20.8. The standard InChI is InChI=1S/C34H27NO3/c36-31-22-27(38-23-24-12-4-1-5-13-24)20-21-29(31)32-28-18-10-11-19-30(28)35(34(32)37)33(25-14-6-2-7-15-25)26-16-8-3-9-17-26/h1-22,32-33,36H,23H2. The van der Waals surface area contributed by atoms with Crippen LogP contribution in [0.15, 0.2) is 133 Å². The molecule has 5 aromatic rings. The van der Waals surface area contributed by atoms with Gasteiger partial charge in [0, 0.05) is 17.3 Å². The number of hydrogen-bond donors (Lipinski definition) is 1. The molecular formula is C34H27NO3. The molecule has 4 heteroatoms. The summed E-state index contributed by atoms with van der Waals surface area (Å²) in [5, 5.41) is 11.1. The van der Waals surface area contributed by atoms with Crippen LogP contribution in [-0.4, -0.2) is 11.0 Å². The molecule has 0 spiro atoms. The number of carbonyl (C=O) groups is 1. The molecule has 1 heterocycles. The first kappa shape index (κ1) is 23.6. The fourth-order valence-electron chi connectivity index (χ4n) is 5.27. The van der Waals surface area contributed by atoms with Crippen molar-refractivity contribution in [1.29, 1.82) is 0 Å². The highest BCUT2D eigenvalue weighted by molar-refractivity contribution is 6.08. The Hall–Kier alpha value is -4.83. The van der Waals surface area contributed by atoms with Crippen LogP contribution in [-0.2, 0) is 11.4 Å². The monoisotopic (exact) mass is 497 g/mol. The average Bonchev–Trinajstić information content (AvgIpc) is 3.25. The minimum atomic E-state index is -0.621. The Morgan fingerprint density at radius 1 is 0.684 bits per heavy atom. The third kappa shape index (κ3) is 4.41. The molecule has 0 bridgehead atoms. The highest BCUT2D eigenvalue weighted by Gasteiger charge is 2.43. The number of phenols is 1. The molecule has 0 radical (unpaired) electrons. The lowest BCUT2D eigenvalue weighted by Gasteiger charge is -2.30. The van der Waals surface area contributed by atoms with E-state index in [0.29, 0.717) is 17.9 Å². The molecule has 1 aliphatic rings. The number of fused-ring (bicyclic) bond motifs is 1. The number of phenolic OH excluding ortho intramolecular Hbond substituents is 1. The molecule has 38 heavy (non-hydrogen) atoms. The Kier molecular flexibility index (Phi) is 6.37. The Labute approximate surface area is 222 Å². The van der Waals surface area contributed by atoms with Gasteiger partial charge >= 0.3 is 0 Å². The number of anilines is 1. The number of nitrogens with zero attached hydrogens (tertiary/aromatic N) is 1. The fourth-order valence-corrected chi connectivity index (χ4v) is 5.27. The van der Waals surface area contributed by atoms with Gasteiger partial charge in [0.15, 0.2) is 0 Å². The first-order valence-corrected chi connectivity index (χ1v) is 12.7. The topological polar surface area (TPSA) is 49.8 Å². The predicted molar refractivity (Wildman–Crippen MR) is 149 cm³/mol. The zero-order valence-electron chi connectivity index (χ0n) is 20.8. The molecular weight excluding hydrogens is 470 g/mol. The molecule has 0 aliphatic carbocycles. The molecule has 1 aliphatic heterocycles. The van der Waals surface area contributed by atoms with Gasteiger partial charge in [0.25, 0.3) is 0 Å². The van der Waals surface area contributed by atoms with E-state index in [1.54, 1.807) is 12.1 Å². The van der Waals surface area contributed by atoms with E-state index in [9.17, 15) is 9.90 Å². The molecule has 5 aromatic carbocycles. The maximum absolute atomic E-state index is 14.3.